The Morgan fingerprint density at radius 1 is 1.28 bits per heavy atom. The topological polar surface area (TPSA) is 63.2 Å². The van der Waals surface area contributed by atoms with Crippen LogP contribution in [0.3, 0.4) is 0 Å². The van der Waals surface area contributed by atoms with E-state index >= 15 is 0 Å². The van der Waals surface area contributed by atoms with Crippen LogP contribution in [0.25, 0.3) is 17.0 Å². The summed E-state index contributed by atoms with van der Waals surface area (Å²) in [6, 6.07) is 11.9. The van der Waals surface area contributed by atoms with E-state index in [1.54, 1.807) is 19.4 Å². The molecule has 0 saturated heterocycles. The summed E-state index contributed by atoms with van der Waals surface area (Å²) in [5.41, 5.74) is 5.02. The molecule has 148 valence electrons. The van der Waals surface area contributed by atoms with Gasteiger partial charge in [0.25, 0.3) is 5.91 Å². The third kappa shape index (κ3) is 3.33. The Hall–Kier alpha value is -3.34. The SMILES string of the molecule is C=Cc1cc(C2(NC(=O)c3cc(OC)c(NC)cc3C)CC2)c2cccnc2c1. The second-order valence-corrected chi connectivity index (χ2v) is 7.50. The summed E-state index contributed by atoms with van der Waals surface area (Å²) in [6.45, 7) is 5.84. The van der Waals surface area contributed by atoms with Gasteiger partial charge in [0.2, 0.25) is 0 Å². The Labute approximate surface area is 170 Å². The number of hydrogen-bond acceptors (Lipinski definition) is 4. The molecule has 1 amide bonds. The normalized spacial score (nSPS) is 14.3. The summed E-state index contributed by atoms with van der Waals surface area (Å²) in [5, 5.41) is 7.46. The molecule has 0 radical (unpaired) electrons. The molecule has 3 aromatic rings. The molecule has 0 aliphatic heterocycles. The van der Waals surface area contributed by atoms with Gasteiger partial charge in [0, 0.05) is 24.2 Å². The van der Waals surface area contributed by atoms with Crippen LogP contribution in [-0.2, 0) is 5.54 Å². The number of carbonyl (C=O) groups is 1. The van der Waals surface area contributed by atoms with Crippen LogP contribution < -0.4 is 15.4 Å². The van der Waals surface area contributed by atoms with Crippen molar-refractivity contribution < 1.29 is 9.53 Å². The van der Waals surface area contributed by atoms with Crippen LogP contribution in [0, 0.1) is 6.92 Å². The number of amides is 1. The molecule has 5 nitrogen and oxygen atoms in total. The van der Waals surface area contributed by atoms with Gasteiger partial charge in [-0.15, -0.1) is 0 Å². The zero-order chi connectivity index (χ0) is 20.6. The van der Waals surface area contributed by atoms with Gasteiger partial charge in [-0.1, -0.05) is 18.7 Å². The van der Waals surface area contributed by atoms with Crippen molar-refractivity contribution in [3.05, 3.63) is 71.4 Å². The van der Waals surface area contributed by atoms with Gasteiger partial charge in [0.15, 0.2) is 0 Å². The second-order valence-electron chi connectivity index (χ2n) is 7.50. The highest BCUT2D eigenvalue weighted by atomic mass is 16.5. The number of anilines is 1. The quantitative estimate of drug-likeness (QED) is 0.646. The maximum atomic E-state index is 13.2. The summed E-state index contributed by atoms with van der Waals surface area (Å²) in [4.78, 5) is 17.7. The lowest BCUT2D eigenvalue weighted by Gasteiger charge is -2.22. The number of aryl methyl sites for hydroxylation is 1. The van der Waals surface area contributed by atoms with E-state index < -0.39 is 0 Å². The molecule has 1 aromatic heterocycles. The van der Waals surface area contributed by atoms with Crippen LogP contribution in [0.1, 0.15) is 39.9 Å². The molecular weight excluding hydrogens is 362 g/mol. The highest BCUT2D eigenvalue weighted by Gasteiger charge is 2.47. The van der Waals surface area contributed by atoms with Crippen molar-refractivity contribution in [1.29, 1.82) is 0 Å². The Bertz CT molecular complexity index is 1120. The van der Waals surface area contributed by atoms with Crippen molar-refractivity contribution in [2.24, 2.45) is 0 Å². The second kappa shape index (κ2) is 7.24. The highest BCUT2D eigenvalue weighted by Crippen LogP contribution is 2.48. The first-order chi connectivity index (χ1) is 14.0. The van der Waals surface area contributed by atoms with Gasteiger partial charge in [-0.2, -0.15) is 0 Å². The molecule has 2 aromatic carbocycles. The minimum Gasteiger partial charge on any atom is -0.495 e. The van der Waals surface area contributed by atoms with Crippen LogP contribution in [0.4, 0.5) is 5.69 Å². The number of fused-ring (bicyclic) bond motifs is 1. The molecule has 4 rings (SSSR count). The maximum Gasteiger partial charge on any atom is 0.252 e. The molecule has 0 unspecified atom stereocenters. The van der Waals surface area contributed by atoms with Crippen LogP contribution in [0.15, 0.2) is 49.2 Å². The summed E-state index contributed by atoms with van der Waals surface area (Å²) in [5.74, 6) is 0.554. The zero-order valence-corrected chi connectivity index (χ0v) is 17.0. The number of nitrogens with one attached hydrogen (secondary N) is 2. The van der Waals surface area contributed by atoms with Gasteiger partial charge in [-0.25, -0.2) is 0 Å². The first kappa shape index (κ1) is 19.0. The summed E-state index contributed by atoms with van der Waals surface area (Å²) >= 11 is 0. The molecule has 5 heteroatoms. The Balaban J connectivity index is 1.73. The van der Waals surface area contributed by atoms with E-state index in [0.717, 1.165) is 46.1 Å². The average molecular weight is 387 g/mol. The number of hydrogen-bond donors (Lipinski definition) is 2. The van der Waals surface area contributed by atoms with Crippen molar-refractivity contribution in [3.8, 4) is 5.75 Å². The fourth-order valence-corrected chi connectivity index (χ4v) is 3.89. The summed E-state index contributed by atoms with van der Waals surface area (Å²) in [6.07, 6.45) is 5.40. The minimum absolute atomic E-state index is 0.0954. The molecule has 1 heterocycles. The molecule has 2 N–H and O–H groups in total. The van der Waals surface area contributed by atoms with E-state index in [1.807, 2.05) is 38.2 Å². The van der Waals surface area contributed by atoms with Crippen molar-refractivity contribution in [3.63, 3.8) is 0 Å². The predicted molar refractivity (Wildman–Crippen MR) is 117 cm³/mol. The molecule has 0 bridgehead atoms. The number of benzene rings is 2. The fraction of sp³-hybridized carbons (Fsp3) is 0.250. The van der Waals surface area contributed by atoms with Gasteiger partial charge in [-0.3, -0.25) is 9.78 Å². The molecule has 1 saturated carbocycles. The molecule has 0 spiro atoms. The molecule has 1 aliphatic carbocycles. The first-order valence-electron chi connectivity index (χ1n) is 9.72. The van der Waals surface area contributed by atoms with Crippen LogP contribution in [0.2, 0.25) is 0 Å². The van der Waals surface area contributed by atoms with E-state index in [-0.39, 0.29) is 11.4 Å². The van der Waals surface area contributed by atoms with E-state index in [2.05, 4.69) is 34.3 Å². The number of pyridine rings is 1. The van der Waals surface area contributed by atoms with E-state index in [4.69, 9.17) is 4.74 Å². The van der Waals surface area contributed by atoms with Crippen molar-refractivity contribution in [2.45, 2.75) is 25.3 Å². The van der Waals surface area contributed by atoms with Gasteiger partial charge in [0.1, 0.15) is 5.75 Å². The largest absolute Gasteiger partial charge is 0.495 e. The predicted octanol–water partition coefficient (Wildman–Crippen LogP) is 4.66. The Morgan fingerprint density at radius 3 is 2.72 bits per heavy atom. The van der Waals surface area contributed by atoms with Crippen molar-refractivity contribution in [1.82, 2.24) is 10.3 Å². The molecule has 29 heavy (non-hydrogen) atoms. The number of aromatic nitrogens is 1. The van der Waals surface area contributed by atoms with E-state index in [0.29, 0.717) is 11.3 Å². The lowest BCUT2D eigenvalue weighted by molar-refractivity contribution is 0.0930. The lowest BCUT2D eigenvalue weighted by atomic mass is 9.95. The van der Waals surface area contributed by atoms with E-state index in [1.165, 1.54) is 0 Å². The minimum atomic E-state index is -0.376. The standard InChI is InChI=1S/C24H25N3O2/c1-5-16-12-19(17-7-6-10-26-20(17)13-16)24(8-9-24)27-23(28)18-14-22(29-4)21(25-3)11-15(18)2/h5-7,10-14,25H,1,8-9H2,2-4H3,(H,27,28). The number of ether oxygens (including phenoxy) is 1. The molecule has 1 aliphatic rings. The third-order valence-electron chi connectivity index (χ3n) is 5.66. The van der Waals surface area contributed by atoms with Crippen molar-refractivity contribution in [2.75, 3.05) is 19.5 Å². The number of nitrogens with zero attached hydrogens (tertiary/aromatic N) is 1. The van der Waals surface area contributed by atoms with Crippen LogP contribution in [0.5, 0.6) is 5.75 Å². The maximum absolute atomic E-state index is 13.2. The average Bonchev–Trinajstić information content (AvgIpc) is 3.52. The molecule has 1 fully saturated rings. The number of methoxy groups -OCH3 is 1. The van der Waals surface area contributed by atoms with Crippen LogP contribution >= 0.6 is 0 Å². The van der Waals surface area contributed by atoms with Gasteiger partial charge < -0.3 is 15.4 Å². The smallest absolute Gasteiger partial charge is 0.252 e. The van der Waals surface area contributed by atoms with Crippen molar-refractivity contribution >= 4 is 28.6 Å². The van der Waals surface area contributed by atoms with Gasteiger partial charge >= 0.3 is 0 Å². The Morgan fingerprint density at radius 2 is 2.07 bits per heavy atom. The summed E-state index contributed by atoms with van der Waals surface area (Å²) in [7, 11) is 3.44. The number of rotatable bonds is 6. The van der Waals surface area contributed by atoms with Gasteiger partial charge in [0.05, 0.1) is 23.9 Å². The van der Waals surface area contributed by atoms with Crippen LogP contribution in [-0.4, -0.2) is 25.0 Å². The zero-order valence-electron chi connectivity index (χ0n) is 17.0. The molecule has 0 atom stereocenters. The number of carbonyl (C=O) groups excluding carboxylic acids is 1. The molecular formula is C24H25N3O2. The summed E-state index contributed by atoms with van der Waals surface area (Å²) < 4.78 is 5.44. The Kier molecular flexibility index (Phi) is 4.74. The lowest BCUT2D eigenvalue weighted by Crippen LogP contribution is -2.35. The third-order valence-corrected chi connectivity index (χ3v) is 5.66. The fourth-order valence-electron chi connectivity index (χ4n) is 3.89. The first-order valence-corrected chi connectivity index (χ1v) is 9.72. The monoisotopic (exact) mass is 387 g/mol. The van der Waals surface area contributed by atoms with E-state index in [9.17, 15) is 4.79 Å². The van der Waals surface area contributed by atoms with Gasteiger partial charge in [-0.05, 0) is 66.8 Å². The highest BCUT2D eigenvalue weighted by molar-refractivity contribution is 5.98.